The Kier molecular flexibility index (Phi) is 8.25. The number of para-hydroxylation sites is 1. The molecular formula is C24H35N3O4. The predicted molar refractivity (Wildman–Crippen MR) is 121 cm³/mol. The number of hydrogen-bond donors (Lipinski definition) is 3. The minimum atomic E-state index is -0.745. The number of benzene rings is 1. The zero-order valence-electron chi connectivity index (χ0n) is 19.4. The molecular weight excluding hydrogens is 394 g/mol. The number of nitrogens with one attached hydrogen (secondary N) is 3. The van der Waals surface area contributed by atoms with Crippen LogP contribution in [0.25, 0.3) is 10.9 Å². The van der Waals surface area contributed by atoms with E-state index in [0.29, 0.717) is 12.8 Å². The molecule has 0 saturated heterocycles. The maximum atomic E-state index is 13.1. The number of amides is 2. The van der Waals surface area contributed by atoms with E-state index < -0.39 is 23.5 Å². The molecule has 2 atom stereocenters. The van der Waals surface area contributed by atoms with E-state index >= 15 is 0 Å². The summed E-state index contributed by atoms with van der Waals surface area (Å²) in [5.41, 5.74) is 1.30. The fourth-order valence-electron chi connectivity index (χ4n) is 3.63. The van der Waals surface area contributed by atoms with Crippen molar-refractivity contribution in [3.05, 3.63) is 36.0 Å². The largest absolute Gasteiger partial charge is 0.460 e. The molecule has 0 bridgehead atoms. The van der Waals surface area contributed by atoms with Gasteiger partial charge in [-0.25, -0.2) is 0 Å². The Labute approximate surface area is 184 Å². The highest BCUT2D eigenvalue weighted by atomic mass is 16.6. The van der Waals surface area contributed by atoms with Crippen molar-refractivity contribution in [3.63, 3.8) is 0 Å². The summed E-state index contributed by atoms with van der Waals surface area (Å²) in [6.07, 6.45) is 2.71. The lowest BCUT2D eigenvalue weighted by Crippen LogP contribution is -2.49. The lowest BCUT2D eigenvalue weighted by atomic mass is 9.92. The Morgan fingerprint density at radius 3 is 2.39 bits per heavy atom. The molecule has 0 fully saturated rings. The molecule has 0 aliphatic heterocycles. The van der Waals surface area contributed by atoms with Crippen molar-refractivity contribution in [1.29, 1.82) is 0 Å². The highest BCUT2D eigenvalue weighted by Crippen LogP contribution is 2.21. The van der Waals surface area contributed by atoms with Gasteiger partial charge < -0.3 is 20.4 Å². The number of likely N-dealkylation sites (N-methyl/N-ethyl adjacent to an activating group) is 1. The van der Waals surface area contributed by atoms with E-state index in [1.165, 1.54) is 0 Å². The van der Waals surface area contributed by atoms with E-state index in [1.54, 1.807) is 27.8 Å². The van der Waals surface area contributed by atoms with Crippen molar-refractivity contribution in [2.24, 2.45) is 11.8 Å². The maximum absolute atomic E-state index is 13.1. The molecule has 7 nitrogen and oxygen atoms in total. The summed E-state index contributed by atoms with van der Waals surface area (Å²) in [5, 5.41) is 6.51. The van der Waals surface area contributed by atoms with Gasteiger partial charge in [0.05, 0.1) is 6.42 Å². The van der Waals surface area contributed by atoms with Crippen LogP contribution in [0.1, 0.15) is 53.0 Å². The number of hydrogen-bond acceptors (Lipinski definition) is 4. The minimum absolute atomic E-state index is 0.0190. The summed E-state index contributed by atoms with van der Waals surface area (Å²) in [7, 11) is 1.54. The SMILES string of the molecule is CNC(=O)[C@H](Cc1c[nH]c2ccccc12)NC(=O)C(CC(=O)OC(C)(C)C)CC(C)C. The normalized spacial score (nSPS) is 13.6. The Bertz CT molecular complexity index is 911. The van der Waals surface area contributed by atoms with Gasteiger partial charge in [-0.3, -0.25) is 14.4 Å². The van der Waals surface area contributed by atoms with E-state index in [-0.39, 0.29) is 24.2 Å². The number of rotatable bonds is 9. The zero-order valence-corrected chi connectivity index (χ0v) is 19.4. The highest BCUT2D eigenvalue weighted by molar-refractivity contribution is 5.91. The van der Waals surface area contributed by atoms with Gasteiger partial charge in [-0.05, 0) is 44.7 Å². The summed E-state index contributed by atoms with van der Waals surface area (Å²) in [4.78, 5) is 41.2. The first-order valence-corrected chi connectivity index (χ1v) is 10.8. The van der Waals surface area contributed by atoms with E-state index in [9.17, 15) is 14.4 Å². The third kappa shape index (κ3) is 7.42. The second-order valence-corrected chi connectivity index (χ2v) is 9.36. The van der Waals surface area contributed by atoms with Gasteiger partial charge in [0.25, 0.3) is 0 Å². The van der Waals surface area contributed by atoms with Gasteiger partial charge in [-0.15, -0.1) is 0 Å². The molecule has 0 radical (unpaired) electrons. The number of ether oxygens (including phenoxy) is 1. The fourth-order valence-corrected chi connectivity index (χ4v) is 3.63. The number of esters is 1. The third-order valence-electron chi connectivity index (χ3n) is 4.94. The standard InChI is InChI=1S/C24H35N3O4/c1-15(2)11-16(13-21(28)31-24(3,4)5)22(29)27-20(23(30)25-6)12-17-14-26-19-10-8-7-9-18(17)19/h7-10,14-16,20,26H,11-13H2,1-6H3,(H,25,30)(H,27,29)/t16?,20-/m0/s1. The van der Waals surface area contributed by atoms with Gasteiger partial charge in [0.15, 0.2) is 0 Å². The van der Waals surface area contributed by atoms with E-state index in [4.69, 9.17) is 4.74 Å². The molecule has 0 spiro atoms. The molecule has 2 rings (SSSR count). The van der Waals surface area contributed by atoms with Crippen molar-refractivity contribution in [2.45, 2.75) is 65.5 Å². The molecule has 2 amide bonds. The van der Waals surface area contributed by atoms with Gasteiger partial charge in [0.1, 0.15) is 11.6 Å². The molecule has 0 aliphatic carbocycles. The van der Waals surface area contributed by atoms with Gasteiger partial charge in [-0.2, -0.15) is 0 Å². The van der Waals surface area contributed by atoms with E-state index in [2.05, 4.69) is 15.6 Å². The molecule has 1 unspecified atom stereocenters. The highest BCUT2D eigenvalue weighted by Gasteiger charge is 2.29. The van der Waals surface area contributed by atoms with Crippen LogP contribution in [-0.2, 0) is 25.5 Å². The molecule has 0 saturated carbocycles. The van der Waals surface area contributed by atoms with Gasteiger partial charge >= 0.3 is 5.97 Å². The molecule has 31 heavy (non-hydrogen) atoms. The zero-order chi connectivity index (χ0) is 23.2. The van der Waals surface area contributed by atoms with Crippen LogP contribution in [0, 0.1) is 11.8 Å². The van der Waals surface area contributed by atoms with Crippen LogP contribution in [-0.4, -0.2) is 41.5 Å². The van der Waals surface area contributed by atoms with Crippen LogP contribution in [0.2, 0.25) is 0 Å². The van der Waals surface area contributed by atoms with Crippen LogP contribution >= 0.6 is 0 Å². The van der Waals surface area contributed by atoms with Crippen molar-refractivity contribution in [2.75, 3.05) is 7.05 Å². The number of aromatic nitrogens is 1. The number of aromatic amines is 1. The van der Waals surface area contributed by atoms with Crippen LogP contribution in [0.4, 0.5) is 0 Å². The average molecular weight is 430 g/mol. The van der Waals surface area contributed by atoms with Crippen LogP contribution < -0.4 is 10.6 Å². The second-order valence-electron chi connectivity index (χ2n) is 9.36. The molecule has 1 aromatic heterocycles. The van der Waals surface area contributed by atoms with Crippen molar-refractivity contribution < 1.29 is 19.1 Å². The van der Waals surface area contributed by atoms with Crippen LogP contribution in [0.3, 0.4) is 0 Å². The first-order chi connectivity index (χ1) is 14.5. The molecule has 1 aromatic carbocycles. The maximum Gasteiger partial charge on any atom is 0.307 e. The first-order valence-electron chi connectivity index (χ1n) is 10.8. The molecule has 170 valence electrons. The second kappa shape index (κ2) is 10.5. The molecule has 7 heteroatoms. The Hall–Kier alpha value is -2.83. The summed E-state index contributed by atoms with van der Waals surface area (Å²) < 4.78 is 5.40. The quantitative estimate of drug-likeness (QED) is 0.532. The van der Waals surface area contributed by atoms with Gasteiger partial charge in [0, 0.05) is 36.5 Å². The number of carbonyl (C=O) groups is 3. The average Bonchev–Trinajstić information content (AvgIpc) is 3.07. The number of H-pyrrole nitrogens is 1. The first kappa shape index (κ1) is 24.4. The number of fused-ring (bicyclic) bond motifs is 1. The summed E-state index contributed by atoms with van der Waals surface area (Å²) >= 11 is 0. The molecule has 1 heterocycles. The predicted octanol–water partition coefficient (Wildman–Crippen LogP) is 3.34. The van der Waals surface area contributed by atoms with Gasteiger partial charge in [-0.1, -0.05) is 32.0 Å². The molecule has 0 aliphatic rings. The molecule has 2 aromatic rings. The van der Waals surface area contributed by atoms with Crippen molar-refractivity contribution in [3.8, 4) is 0 Å². The third-order valence-corrected chi connectivity index (χ3v) is 4.94. The van der Waals surface area contributed by atoms with Gasteiger partial charge in [0.2, 0.25) is 11.8 Å². The van der Waals surface area contributed by atoms with Crippen molar-refractivity contribution >= 4 is 28.7 Å². The number of carbonyl (C=O) groups excluding carboxylic acids is 3. The van der Waals surface area contributed by atoms with Crippen LogP contribution in [0.15, 0.2) is 30.5 Å². The lowest BCUT2D eigenvalue weighted by Gasteiger charge is -2.24. The Balaban J connectivity index is 2.17. The monoisotopic (exact) mass is 429 g/mol. The van der Waals surface area contributed by atoms with Crippen molar-refractivity contribution in [1.82, 2.24) is 15.6 Å². The summed E-state index contributed by atoms with van der Waals surface area (Å²) in [5.74, 6) is -1.36. The topological polar surface area (TPSA) is 100 Å². The summed E-state index contributed by atoms with van der Waals surface area (Å²) in [6.45, 7) is 9.39. The van der Waals surface area contributed by atoms with E-state index in [0.717, 1.165) is 16.5 Å². The Morgan fingerprint density at radius 2 is 1.77 bits per heavy atom. The lowest BCUT2D eigenvalue weighted by molar-refractivity contribution is -0.157. The van der Waals surface area contributed by atoms with E-state index in [1.807, 2.05) is 44.3 Å². The minimum Gasteiger partial charge on any atom is -0.460 e. The van der Waals surface area contributed by atoms with Crippen LogP contribution in [0.5, 0.6) is 0 Å². The molecule has 3 N–H and O–H groups in total. The fraction of sp³-hybridized carbons (Fsp3) is 0.542. The smallest absolute Gasteiger partial charge is 0.307 e. The Morgan fingerprint density at radius 1 is 1.10 bits per heavy atom. The summed E-state index contributed by atoms with van der Waals surface area (Å²) in [6, 6.07) is 7.07.